The molecule has 0 saturated carbocycles. The first-order chi connectivity index (χ1) is 65.2. The Balaban J connectivity index is 0.000000110. The molecule has 0 aliphatic carbocycles. The van der Waals surface area contributed by atoms with Crippen LogP contribution in [0.4, 0.5) is 0 Å². The summed E-state index contributed by atoms with van der Waals surface area (Å²) in [6.45, 7) is 0. The van der Waals surface area contributed by atoms with E-state index in [2.05, 4.69) is 305 Å². The second kappa shape index (κ2) is 32.6. The van der Waals surface area contributed by atoms with Gasteiger partial charge < -0.3 is 27.0 Å². The Labute approximate surface area is 757 Å². The molecule has 0 unspecified atom stereocenters. The first-order valence-corrected chi connectivity index (χ1v) is 44.4. The van der Waals surface area contributed by atoms with Crippen LogP contribution < -0.4 is 16.9 Å². The van der Waals surface area contributed by atoms with Gasteiger partial charge >= 0.3 is 16.9 Å². The van der Waals surface area contributed by atoms with Gasteiger partial charge in [-0.25, -0.2) is 14.4 Å². The van der Waals surface area contributed by atoms with E-state index in [4.69, 9.17) is 13.3 Å². The largest absolute Gasteiger partial charge is 0.422 e. The second-order valence-corrected chi connectivity index (χ2v) is 33.5. The van der Waals surface area contributed by atoms with E-state index in [1.165, 1.54) is 38.0 Å². The summed E-state index contributed by atoms with van der Waals surface area (Å²) in [4.78, 5) is 40.8. The summed E-state index contributed by atoms with van der Waals surface area (Å²) in [5.41, 5.74) is 27.2. The number of hydrogen-bond donors (Lipinski definition) is 0. The molecule has 9 nitrogen and oxygen atoms in total. The van der Waals surface area contributed by atoms with Gasteiger partial charge in [-0.05, 0) is 211 Å². The molecule has 26 rings (SSSR count). The zero-order valence-electron chi connectivity index (χ0n) is 71.2. The maximum Gasteiger partial charge on any atom is 0.344 e. The van der Waals surface area contributed by atoms with E-state index in [0.29, 0.717) is 32.9 Å². The van der Waals surface area contributed by atoms with E-state index in [1.54, 1.807) is 0 Å². The summed E-state index contributed by atoms with van der Waals surface area (Å²) < 4.78 is 25.3. The zero-order valence-corrected chi connectivity index (χ0v) is 71.2. The van der Waals surface area contributed by atoms with Gasteiger partial charge in [-0.2, -0.15) is 0 Å². The highest BCUT2D eigenvalue weighted by atomic mass is 16.4. The van der Waals surface area contributed by atoms with Gasteiger partial charge in [-0.15, -0.1) is 0 Å². The van der Waals surface area contributed by atoms with Crippen molar-refractivity contribution >= 4 is 131 Å². The lowest BCUT2D eigenvalue weighted by Gasteiger charge is -2.14. The van der Waals surface area contributed by atoms with Crippen LogP contribution in [0.3, 0.4) is 0 Å². The molecule has 0 spiro atoms. The minimum Gasteiger partial charge on any atom is -0.422 e. The van der Waals surface area contributed by atoms with Gasteiger partial charge in [0, 0.05) is 93.0 Å². The van der Waals surface area contributed by atoms with Gasteiger partial charge in [-0.1, -0.05) is 334 Å². The van der Waals surface area contributed by atoms with Crippen molar-refractivity contribution in [3.63, 3.8) is 0 Å². The summed E-state index contributed by atoms with van der Waals surface area (Å²) in [6, 6.07) is 161. The van der Waals surface area contributed by atoms with Crippen molar-refractivity contribution in [2.75, 3.05) is 0 Å². The molecule has 20 aromatic carbocycles. The first kappa shape index (κ1) is 77.8. The molecule has 6 aromatic heterocycles. The predicted octanol–water partition coefficient (Wildman–Crippen LogP) is 31.5. The van der Waals surface area contributed by atoms with Crippen molar-refractivity contribution in [2.24, 2.45) is 0 Å². The Kier molecular flexibility index (Phi) is 19.2. The third kappa shape index (κ3) is 13.5. The smallest absolute Gasteiger partial charge is 0.344 e. The Bertz CT molecular complexity index is 9120. The van der Waals surface area contributed by atoms with E-state index in [1.807, 2.05) is 176 Å². The number of nitrogens with zero attached hydrogens (tertiary/aromatic N) is 3. The lowest BCUT2D eigenvalue weighted by molar-refractivity contribution is 0.570. The van der Waals surface area contributed by atoms with Crippen LogP contribution in [-0.4, -0.2) is 13.7 Å². The SMILES string of the molecule is O=c1oc2c(-c3ccccc3)cc(-c3ccccc3)cc2c2cc(-c3ccc4c(c3)c3ccccc3n4-c3ccccc3)ccc12.O=c1oc2c(-c3ccccc3)cc(-c3ccccc3)cc2c2cccc(-c3ccc4c(c3)c3ccccc3n4-c3ccccc3)c12.O=c1oc2c(-c3ccccc3)cccc2c2ccc(-c3ccc4c(c3)c3ccccc3n4-c3ccccc3)cc12. The number of benzene rings is 20. The van der Waals surface area contributed by atoms with Crippen LogP contribution >= 0.6 is 0 Å². The molecule has 6 heterocycles. The van der Waals surface area contributed by atoms with Gasteiger partial charge in [-0.3, -0.25) is 0 Å². The molecule has 0 aliphatic heterocycles. The monoisotopic (exact) mass is 1690 g/mol. The number of aromatic nitrogens is 3. The number of fused-ring (bicyclic) bond motifs is 18. The van der Waals surface area contributed by atoms with E-state index in [-0.39, 0.29) is 16.9 Å². The molecule has 0 bridgehead atoms. The molecule has 26 aromatic rings. The molecule has 0 radical (unpaired) electrons. The summed E-state index contributed by atoms with van der Waals surface area (Å²) in [6.07, 6.45) is 0. The van der Waals surface area contributed by atoms with Crippen LogP contribution in [0.5, 0.6) is 0 Å². The topological polar surface area (TPSA) is 105 Å². The standard InChI is InChI=1S/2C43H27NO2.C37H23NO2/c45-43-41-33(30-23-24-40-37(25-30)34-19-10-11-22-39(34)44(40)32-17-8-3-9-18-32)20-12-21-35(41)38-27-31(28-13-4-1-5-14-28)26-36(42(38)46-43)29-15-6-2-7-16-29;45-43-35-22-20-30(31-21-23-41-38(25-31)34-18-10-11-19-40(34)44(41)33-16-8-3-9-17-33)24-37(35)39-27-32(28-12-4-1-5-13-28)26-36(42(39)46-43)29-14-6-2-7-15-29;39-37-33-23-25(18-20-29(33)31-16-9-15-28(36(31)40-37)24-10-3-1-4-11-24)26-19-21-35-32(22-26)30-14-7-8-17-34(30)38(35)27-12-5-2-6-13-27/h2*1-27H;1-23H. The number of hydrogen-bond acceptors (Lipinski definition) is 6. The Morgan fingerprint density at radius 1 is 0.144 bits per heavy atom. The van der Waals surface area contributed by atoms with Gasteiger partial charge in [0.1, 0.15) is 16.7 Å². The summed E-state index contributed by atoms with van der Waals surface area (Å²) >= 11 is 0. The van der Waals surface area contributed by atoms with Crippen LogP contribution in [0.2, 0.25) is 0 Å². The highest BCUT2D eigenvalue weighted by Crippen LogP contribution is 2.46. The van der Waals surface area contributed by atoms with Crippen LogP contribution in [-0.2, 0) is 0 Å². The third-order valence-electron chi connectivity index (χ3n) is 25.9. The molecule has 132 heavy (non-hydrogen) atoms. The van der Waals surface area contributed by atoms with Crippen molar-refractivity contribution < 1.29 is 13.3 Å². The average molecular weight is 1690 g/mol. The first-order valence-electron chi connectivity index (χ1n) is 44.4. The third-order valence-corrected chi connectivity index (χ3v) is 25.9. The minimum absolute atomic E-state index is 0.325. The second-order valence-electron chi connectivity index (χ2n) is 33.5. The van der Waals surface area contributed by atoms with E-state index < -0.39 is 0 Å². The van der Waals surface area contributed by atoms with Crippen molar-refractivity contribution in [3.05, 3.63) is 498 Å². The van der Waals surface area contributed by atoms with Crippen molar-refractivity contribution in [3.8, 4) is 106 Å². The molecule has 0 fully saturated rings. The Morgan fingerprint density at radius 3 is 0.871 bits per heavy atom. The quantitative estimate of drug-likeness (QED) is 0.0943. The molecule has 0 saturated heterocycles. The van der Waals surface area contributed by atoms with E-state index in [9.17, 15) is 14.4 Å². The van der Waals surface area contributed by atoms with Crippen molar-refractivity contribution in [1.29, 1.82) is 0 Å². The fourth-order valence-corrected chi connectivity index (χ4v) is 19.8. The highest BCUT2D eigenvalue weighted by Gasteiger charge is 2.24. The van der Waals surface area contributed by atoms with Crippen LogP contribution in [0.15, 0.2) is 495 Å². The molecular formula is C123H77N3O6. The minimum atomic E-state index is -0.338. The van der Waals surface area contributed by atoms with Gasteiger partial charge in [0.05, 0.1) is 49.3 Å². The number of para-hydroxylation sites is 7. The molecular weight excluding hydrogens is 1620 g/mol. The maximum atomic E-state index is 14.0. The van der Waals surface area contributed by atoms with Gasteiger partial charge in [0.15, 0.2) is 0 Å². The normalized spacial score (nSPS) is 11.6. The van der Waals surface area contributed by atoms with E-state index >= 15 is 0 Å². The molecule has 620 valence electrons. The predicted molar refractivity (Wildman–Crippen MR) is 546 cm³/mol. The van der Waals surface area contributed by atoms with Gasteiger partial charge in [0.25, 0.3) is 0 Å². The summed E-state index contributed by atoms with van der Waals surface area (Å²) in [5.74, 6) is 0. The van der Waals surface area contributed by atoms with Crippen LogP contribution in [0, 0.1) is 0 Å². The van der Waals surface area contributed by atoms with Crippen molar-refractivity contribution in [2.45, 2.75) is 0 Å². The lowest BCUT2D eigenvalue weighted by atomic mass is 9.92. The molecule has 0 atom stereocenters. The van der Waals surface area contributed by atoms with E-state index in [0.717, 1.165) is 166 Å². The fourth-order valence-electron chi connectivity index (χ4n) is 19.8. The zero-order chi connectivity index (χ0) is 87.9. The number of rotatable bonds is 11. The molecule has 9 heteroatoms. The summed E-state index contributed by atoms with van der Waals surface area (Å²) in [5, 5.41) is 14.2. The fraction of sp³-hybridized carbons (Fsp3) is 0. The van der Waals surface area contributed by atoms with Crippen LogP contribution in [0.25, 0.3) is 237 Å². The maximum absolute atomic E-state index is 14.0. The highest BCUT2D eigenvalue weighted by molar-refractivity contribution is 6.18. The molecule has 0 N–H and O–H groups in total. The Hall–Kier alpha value is -17.8. The summed E-state index contributed by atoms with van der Waals surface area (Å²) in [7, 11) is 0. The Morgan fingerprint density at radius 2 is 0.432 bits per heavy atom. The molecule has 0 aliphatic rings. The van der Waals surface area contributed by atoms with Crippen molar-refractivity contribution in [1.82, 2.24) is 13.7 Å². The van der Waals surface area contributed by atoms with Crippen LogP contribution in [0.1, 0.15) is 0 Å². The molecule has 0 amide bonds. The average Bonchev–Trinajstić information content (AvgIpc) is 1.40. The van der Waals surface area contributed by atoms with Gasteiger partial charge in [0.2, 0.25) is 0 Å². The lowest BCUT2D eigenvalue weighted by Crippen LogP contribution is -2.03.